The van der Waals surface area contributed by atoms with Gasteiger partial charge in [0.15, 0.2) is 17.9 Å². The van der Waals surface area contributed by atoms with Gasteiger partial charge in [0.25, 0.3) is 0 Å². The monoisotopic (exact) mass is 366 g/mol. The van der Waals surface area contributed by atoms with Gasteiger partial charge < -0.3 is 28.4 Å². The number of rotatable bonds is 3. The zero-order chi connectivity index (χ0) is 18.3. The first-order valence-corrected chi connectivity index (χ1v) is 9.82. The van der Waals surface area contributed by atoms with Crippen LogP contribution in [0.3, 0.4) is 0 Å². The van der Waals surface area contributed by atoms with Gasteiger partial charge in [0, 0.05) is 13.7 Å². The van der Waals surface area contributed by atoms with E-state index in [0.29, 0.717) is 23.7 Å². The Hall–Kier alpha value is -0.500. The van der Waals surface area contributed by atoms with Gasteiger partial charge in [0.2, 0.25) is 0 Å². The average molecular weight is 366 g/mol. The first-order chi connectivity index (χ1) is 12.3. The standard InChI is InChI=1S/C20H30O6/c1-19(2)23-15-14(13-11-7-6-10(8-11)12(13)9-21-5)22-18-17(16(15)24-19)25-20(3,4)26-18/h6-7,10-18H,8-9H2,1-5H3/t10-,11+,12+,13-,14-,15+,16+,17-,18-/m1/s1. The summed E-state index contributed by atoms with van der Waals surface area (Å²) in [5, 5.41) is 0. The highest BCUT2D eigenvalue weighted by molar-refractivity contribution is 5.17. The van der Waals surface area contributed by atoms with Crippen molar-refractivity contribution in [3.8, 4) is 0 Å². The van der Waals surface area contributed by atoms with Crippen LogP contribution in [0.1, 0.15) is 34.1 Å². The van der Waals surface area contributed by atoms with E-state index in [2.05, 4.69) is 12.2 Å². The van der Waals surface area contributed by atoms with Crippen LogP contribution >= 0.6 is 0 Å². The first-order valence-electron chi connectivity index (χ1n) is 9.82. The zero-order valence-corrected chi connectivity index (χ0v) is 16.2. The molecule has 4 fully saturated rings. The highest BCUT2D eigenvalue weighted by Gasteiger charge is 2.64. The maximum absolute atomic E-state index is 6.52. The minimum Gasteiger partial charge on any atom is -0.384 e. The summed E-state index contributed by atoms with van der Waals surface area (Å²) in [4.78, 5) is 0. The van der Waals surface area contributed by atoms with Gasteiger partial charge in [-0.2, -0.15) is 0 Å². The highest BCUT2D eigenvalue weighted by atomic mass is 16.9. The van der Waals surface area contributed by atoms with Gasteiger partial charge in [0.1, 0.15) is 18.3 Å². The van der Waals surface area contributed by atoms with Gasteiger partial charge in [-0.05, 0) is 57.8 Å². The molecule has 0 aromatic rings. The third kappa shape index (κ3) is 2.61. The number of ether oxygens (including phenoxy) is 6. The molecule has 5 aliphatic rings. The van der Waals surface area contributed by atoms with Crippen molar-refractivity contribution in [1.82, 2.24) is 0 Å². The van der Waals surface area contributed by atoms with E-state index in [9.17, 15) is 0 Å². The molecular formula is C20H30O6. The largest absolute Gasteiger partial charge is 0.384 e. The van der Waals surface area contributed by atoms with E-state index < -0.39 is 17.9 Å². The molecule has 26 heavy (non-hydrogen) atoms. The summed E-state index contributed by atoms with van der Waals surface area (Å²) >= 11 is 0. The molecule has 3 aliphatic heterocycles. The first kappa shape index (κ1) is 17.6. The quantitative estimate of drug-likeness (QED) is 0.715. The lowest BCUT2D eigenvalue weighted by Gasteiger charge is -2.43. The van der Waals surface area contributed by atoms with Gasteiger partial charge in [-0.25, -0.2) is 0 Å². The fourth-order valence-electron chi connectivity index (χ4n) is 5.83. The van der Waals surface area contributed by atoms with Crippen molar-refractivity contribution < 1.29 is 28.4 Å². The van der Waals surface area contributed by atoms with E-state index in [1.54, 1.807) is 7.11 Å². The maximum Gasteiger partial charge on any atom is 0.190 e. The SMILES string of the molecule is COC[C@@H]1[C@H]([C@H]2O[C@@H]3OC(C)(C)O[C@@H]3[C@H]3OC(C)(C)O[C@H]32)[C@H]2C=C[C@@H]1C2. The molecule has 0 spiro atoms. The van der Waals surface area contributed by atoms with Crippen LogP contribution in [0.25, 0.3) is 0 Å². The molecule has 0 N–H and O–H groups in total. The molecule has 1 saturated carbocycles. The second kappa shape index (κ2) is 5.75. The second-order valence-electron chi connectivity index (χ2n) is 9.28. The zero-order valence-electron chi connectivity index (χ0n) is 16.2. The Morgan fingerprint density at radius 3 is 2.19 bits per heavy atom. The van der Waals surface area contributed by atoms with Crippen molar-refractivity contribution in [3.63, 3.8) is 0 Å². The Bertz CT molecular complexity index is 601. The van der Waals surface area contributed by atoms with E-state index >= 15 is 0 Å². The number of fused-ring (bicyclic) bond motifs is 5. The molecule has 6 nitrogen and oxygen atoms in total. The molecule has 146 valence electrons. The van der Waals surface area contributed by atoms with E-state index in [1.165, 1.54) is 6.42 Å². The van der Waals surface area contributed by atoms with Crippen molar-refractivity contribution in [2.24, 2.45) is 23.7 Å². The summed E-state index contributed by atoms with van der Waals surface area (Å²) in [5.74, 6) is 0.544. The lowest BCUT2D eigenvalue weighted by atomic mass is 9.76. The molecule has 0 unspecified atom stereocenters. The molecule has 6 heteroatoms. The van der Waals surface area contributed by atoms with E-state index in [-0.39, 0.29) is 24.4 Å². The highest BCUT2D eigenvalue weighted by Crippen LogP contribution is 2.54. The van der Waals surface area contributed by atoms with Crippen molar-refractivity contribution >= 4 is 0 Å². The third-order valence-electron chi connectivity index (χ3n) is 6.62. The topological polar surface area (TPSA) is 55.4 Å². The molecule has 3 heterocycles. The van der Waals surface area contributed by atoms with Crippen LogP contribution < -0.4 is 0 Å². The maximum atomic E-state index is 6.52. The van der Waals surface area contributed by atoms with Crippen molar-refractivity contribution in [3.05, 3.63) is 12.2 Å². The minimum atomic E-state index is -0.675. The van der Waals surface area contributed by atoms with Gasteiger partial charge >= 0.3 is 0 Å². The second-order valence-corrected chi connectivity index (χ2v) is 9.28. The van der Waals surface area contributed by atoms with Gasteiger partial charge in [-0.15, -0.1) is 0 Å². The fourth-order valence-corrected chi connectivity index (χ4v) is 5.83. The predicted molar refractivity (Wildman–Crippen MR) is 92.1 cm³/mol. The van der Waals surface area contributed by atoms with Crippen LogP contribution in [0.4, 0.5) is 0 Å². The van der Waals surface area contributed by atoms with Gasteiger partial charge in [-0.1, -0.05) is 12.2 Å². The van der Waals surface area contributed by atoms with Gasteiger partial charge in [0.05, 0.1) is 6.10 Å². The van der Waals surface area contributed by atoms with Crippen LogP contribution in [0.2, 0.25) is 0 Å². The summed E-state index contributed by atoms with van der Waals surface area (Å²) in [7, 11) is 1.78. The van der Waals surface area contributed by atoms with Crippen molar-refractivity contribution in [2.45, 2.75) is 76.4 Å². The summed E-state index contributed by atoms with van der Waals surface area (Å²) in [6.45, 7) is 8.52. The fraction of sp³-hybridized carbons (Fsp3) is 0.900. The molecular weight excluding hydrogens is 336 g/mol. The lowest BCUT2D eigenvalue weighted by molar-refractivity contribution is -0.251. The molecule has 9 atom stereocenters. The number of hydrogen-bond donors (Lipinski definition) is 0. The average Bonchev–Trinajstić information content (AvgIpc) is 3.26. The molecule has 0 amide bonds. The number of hydrogen-bond acceptors (Lipinski definition) is 6. The molecule has 2 aliphatic carbocycles. The van der Waals surface area contributed by atoms with Crippen LogP contribution in [0.5, 0.6) is 0 Å². The van der Waals surface area contributed by atoms with E-state index in [1.807, 2.05) is 27.7 Å². The molecule has 0 radical (unpaired) electrons. The molecule has 5 rings (SSSR count). The number of allylic oxidation sites excluding steroid dienone is 2. The molecule has 2 bridgehead atoms. The number of methoxy groups -OCH3 is 1. The Labute approximate surface area is 155 Å². The van der Waals surface area contributed by atoms with Crippen LogP contribution in [0.15, 0.2) is 12.2 Å². The summed E-state index contributed by atoms with van der Waals surface area (Å²) in [5.41, 5.74) is 0. The Kier molecular flexibility index (Phi) is 3.89. The van der Waals surface area contributed by atoms with E-state index in [4.69, 9.17) is 28.4 Å². The molecule has 0 aromatic carbocycles. The lowest BCUT2D eigenvalue weighted by Crippen LogP contribution is -2.58. The van der Waals surface area contributed by atoms with Crippen LogP contribution in [-0.2, 0) is 28.4 Å². The van der Waals surface area contributed by atoms with E-state index in [0.717, 1.165) is 6.61 Å². The summed E-state index contributed by atoms with van der Waals surface area (Å²) < 4.78 is 36.9. The van der Waals surface area contributed by atoms with Crippen molar-refractivity contribution in [2.75, 3.05) is 13.7 Å². The molecule has 3 saturated heterocycles. The van der Waals surface area contributed by atoms with Crippen LogP contribution in [0, 0.1) is 23.7 Å². The Morgan fingerprint density at radius 2 is 1.46 bits per heavy atom. The molecule has 0 aromatic heterocycles. The normalized spacial score (nSPS) is 53.0. The summed E-state index contributed by atoms with van der Waals surface area (Å²) in [6.07, 6.45) is 4.79. The van der Waals surface area contributed by atoms with Crippen LogP contribution in [-0.4, -0.2) is 56.0 Å². The smallest absolute Gasteiger partial charge is 0.190 e. The Morgan fingerprint density at radius 1 is 0.846 bits per heavy atom. The third-order valence-corrected chi connectivity index (χ3v) is 6.62. The van der Waals surface area contributed by atoms with Gasteiger partial charge in [-0.3, -0.25) is 0 Å². The van der Waals surface area contributed by atoms with Crippen molar-refractivity contribution in [1.29, 1.82) is 0 Å². The predicted octanol–water partition coefficient (Wildman–Crippen LogP) is 2.47. The Balaban J connectivity index is 1.48. The summed E-state index contributed by atoms with van der Waals surface area (Å²) in [6, 6.07) is 0. The minimum absolute atomic E-state index is 0.0828.